The summed E-state index contributed by atoms with van der Waals surface area (Å²) in [4.78, 5) is 30.1. The molecule has 2 aromatic heterocycles. The highest BCUT2D eigenvalue weighted by Crippen LogP contribution is 2.19. The van der Waals surface area contributed by atoms with Gasteiger partial charge >= 0.3 is 5.97 Å². The summed E-state index contributed by atoms with van der Waals surface area (Å²) in [5.41, 5.74) is 3.67. The lowest BCUT2D eigenvalue weighted by atomic mass is 10.2. The van der Waals surface area contributed by atoms with Gasteiger partial charge in [0.25, 0.3) is 0 Å². The fraction of sp³-hybridized carbons (Fsp3) is 0. The van der Waals surface area contributed by atoms with E-state index in [0.29, 0.717) is 15.8 Å². The molecule has 0 spiro atoms. The lowest BCUT2D eigenvalue weighted by Crippen LogP contribution is -2.09. The Morgan fingerprint density at radius 1 is 1.38 bits per heavy atom. The van der Waals surface area contributed by atoms with Crippen LogP contribution in [-0.2, 0) is 0 Å². The number of aromatic nitrogens is 4. The Bertz CT molecular complexity index is 872. The smallest absolute Gasteiger partial charge is 0.339 e. The number of imidazole rings is 1. The molecule has 0 fully saturated rings. The Kier molecular flexibility index (Phi) is 3.24. The predicted molar refractivity (Wildman–Crippen MR) is 76.7 cm³/mol. The monoisotopic (exact) mass is 303 g/mol. The molecule has 106 valence electrons. The van der Waals surface area contributed by atoms with Gasteiger partial charge in [0.05, 0.1) is 6.33 Å². The zero-order chi connectivity index (χ0) is 14.8. The van der Waals surface area contributed by atoms with Crippen LogP contribution in [-0.4, -0.2) is 31.0 Å². The Labute approximate surface area is 122 Å². The summed E-state index contributed by atoms with van der Waals surface area (Å²) in [6.07, 6.45) is 1.44. The molecule has 0 aliphatic heterocycles. The second-order valence-corrected chi connectivity index (χ2v) is 4.41. The second-order valence-electron chi connectivity index (χ2n) is 4.02. The van der Waals surface area contributed by atoms with E-state index >= 15 is 0 Å². The number of fused-ring (bicyclic) bond motifs is 1. The number of hydrogen-bond donors (Lipinski definition) is 4. The Morgan fingerprint density at radius 3 is 2.95 bits per heavy atom. The van der Waals surface area contributed by atoms with Gasteiger partial charge in [-0.15, -0.1) is 0 Å². The number of carbonyl (C=O) groups is 1. The number of nitrogens with zero attached hydrogens (tertiary/aromatic N) is 2. The van der Waals surface area contributed by atoms with Crippen LogP contribution < -0.4 is 10.3 Å². The fourth-order valence-electron chi connectivity index (χ4n) is 1.73. The molecule has 3 aromatic rings. The van der Waals surface area contributed by atoms with E-state index in [2.05, 4.69) is 25.4 Å². The summed E-state index contributed by atoms with van der Waals surface area (Å²) in [6.45, 7) is 0. The lowest BCUT2D eigenvalue weighted by Gasteiger charge is -2.07. The van der Waals surface area contributed by atoms with Crippen molar-refractivity contribution in [3.63, 3.8) is 0 Å². The molecule has 1 aromatic carbocycles. The first-order valence-electron chi connectivity index (χ1n) is 5.84. The molecule has 3 rings (SSSR count). The van der Waals surface area contributed by atoms with Crippen LogP contribution >= 0.6 is 12.2 Å². The molecular weight excluding hydrogens is 294 g/mol. The SMILES string of the molecule is O=C(O)c1ccccc1ONc1nc2[nH]cnc(=S)c2[nH]1. The Balaban J connectivity index is 1.85. The van der Waals surface area contributed by atoms with E-state index < -0.39 is 5.97 Å². The van der Waals surface area contributed by atoms with Crippen molar-refractivity contribution in [1.82, 2.24) is 19.9 Å². The largest absolute Gasteiger partial charge is 0.478 e. The number of aromatic amines is 2. The molecule has 0 bridgehead atoms. The molecule has 0 radical (unpaired) electrons. The van der Waals surface area contributed by atoms with Crippen molar-refractivity contribution >= 4 is 35.3 Å². The Morgan fingerprint density at radius 2 is 2.19 bits per heavy atom. The number of anilines is 1. The van der Waals surface area contributed by atoms with Gasteiger partial charge in [-0.3, -0.25) is 0 Å². The first-order valence-corrected chi connectivity index (χ1v) is 6.24. The molecule has 0 saturated heterocycles. The maximum atomic E-state index is 11.1. The minimum atomic E-state index is -1.08. The molecule has 2 heterocycles. The second kappa shape index (κ2) is 5.21. The summed E-state index contributed by atoms with van der Waals surface area (Å²) in [6, 6.07) is 6.26. The third-order valence-corrected chi connectivity index (χ3v) is 2.99. The summed E-state index contributed by atoms with van der Waals surface area (Å²) in [7, 11) is 0. The zero-order valence-electron chi connectivity index (χ0n) is 10.5. The fourth-order valence-corrected chi connectivity index (χ4v) is 1.93. The van der Waals surface area contributed by atoms with Crippen molar-refractivity contribution in [3.8, 4) is 5.75 Å². The van der Waals surface area contributed by atoms with Gasteiger partial charge in [-0.25, -0.2) is 9.78 Å². The highest BCUT2D eigenvalue weighted by atomic mass is 32.1. The van der Waals surface area contributed by atoms with E-state index in [1.807, 2.05) is 0 Å². The number of aromatic carboxylic acids is 1. The summed E-state index contributed by atoms with van der Waals surface area (Å²) in [5.74, 6) is -0.630. The van der Waals surface area contributed by atoms with Crippen LogP contribution in [0.3, 0.4) is 0 Å². The van der Waals surface area contributed by atoms with Gasteiger partial charge < -0.3 is 19.9 Å². The van der Waals surface area contributed by atoms with Gasteiger partial charge in [-0.1, -0.05) is 24.4 Å². The van der Waals surface area contributed by atoms with E-state index in [1.165, 1.54) is 18.5 Å². The molecule has 8 nitrogen and oxygen atoms in total. The third kappa shape index (κ3) is 2.54. The minimum Gasteiger partial charge on any atom is -0.478 e. The van der Waals surface area contributed by atoms with E-state index in [-0.39, 0.29) is 17.3 Å². The quantitative estimate of drug-likeness (QED) is 0.431. The number of nitrogens with one attached hydrogen (secondary N) is 3. The lowest BCUT2D eigenvalue weighted by molar-refractivity contribution is 0.0693. The van der Waals surface area contributed by atoms with Crippen molar-refractivity contribution < 1.29 is 14.7 Å². The summed E-state index contributed by atoms with van der Waals surface area (Å²) in [5, 5.41) is 9.06. The van der Waals surface area contributed by atoms with Crippen LogP contribution in [0.1, 0.15) is 10.4 Å². The molecule has 9 heteroatoms. The number of carboxylic acids is 1. The third-order valence-electron chi connectivity index (χ3n) is 2.68. The van der Waals surface area contributed by atoms with Crippen molar-refractivity contribution in [2.75, 3.05) is 5.48 Å². The number of para-hydroxylation sites is 1. The molecule has 0 aliphatic rings. The van der Waals surface area contributed by atoms with Gasteiger partial charge in [0, 0.05) is 0 Å². The van der Waals surface area contributed by atoms with E-state index in [4.69, 9.17) is 22.2 Å². The van der Waals surface area contributed by atoms with Crippen LogP contribution in [0.5, 0.6) is 5.75 Å². The number of benzene rings is 1. The topological polar surface area (TPSA) is 116 Å². The van der Waals surface area contributed by atoms with Gasteiger partial charge in [0.15, 0.2) is 16.0 Å². The maximum Gasteiger partial charge on any atom is 0.339 e. The molecule has 21 heavy (non-hydrogen) atoms. The molecule has 0 aliphatic carbocycles. The number of rotatable bonds is 4. The van der Waals surface area contributed by atoms with Crippen LogP contribution in [0.15, 0.2) is 30.6 Å². The first-order chi connectivity index (χ1) is 10.1. The highest BCUT2D eigenvalue weighted by molar-refractivity contribution is 7.71. The molecule has 0 amide bonds. The first kappa shape index (κ1) is 13.1. The van der Waals surface area contributed by atoms with Gasteiger partial charge in [0.1, 0.15) is 11.1 Å². The number of hydrogen-bond acceptors (Lipinski definition) is 6. The van der Waals surface area contributed by atoms with E-state index in [1.54, 1.807) is 12.1 Å². The van der Waals surface area contributed by atoms with Crippen molar-refractivity contribution in [2.24, 2.45) is 0 Å². The maximum absolute atomic E-state index is 11.1. The molecular formula is C12H9N5O3S. The zero-order valence-corrected chi connectivity index (χ0v) is 11.3. The highest BCUT2D eigenvalue weighted by Gasteiger charge is 2.11. The van der Waals surface area contributed by atoms with Gasteiger partial charge in [0.2, 0.25) is 5.95 Å². The van der Waals surface area contributed by atoms with Crippen molar-refractivity contribution in [2.45, 2.75) is 0 Å². The number of H-pyrrole nitrogens is 2. The molecule has 0 saturated carbocycles. The molecule has 0 unspecified atom stereocenters. The van der Waals surface area contributed by atoms with E-state index in [0.717, 1.165) is 0 Å². The normalized spacial score (nSPS) is 10.5. The van der Waals surface area contributed by atoms with E-state index in [9.17, 15) is 4.79 Å². The predicted octanol–water partition coefficient (Wildman–Crippen LogP) is 2.12. The summed E-state index contributed by atoms with van der Waals surface area (Å²) < 4.78 is 0.371. The van der Waals surface area contributed by atoms with Crippen LogP contribution in [0, 0.1) is 4.64 Å². The van der Waals surface area contributed by atoms with Crippen LogP contribution in [0.25, 0.3) is 11.2 Å². The number of carboxylic acid groups (broad SMARTS) is 1. The summed E-state index contributed by atoms with van der Waals surface area (Å²) >= 11 is 5.05. The van der Waals surface area contributed by atoms with Gasteiger partial charge in [-0.05, 0) is 12.1 Å². The minimum absolute atomic E-state index is 0.0401. The van der Waals surface area contributed by atoms with Crippen LogP contribution in [0.4, 0.5) is 5.95 Å². The van der Waals surface area contributed by atoms with Crippen LogP contribution in [0.2, 0.25) is 0 Å². The average molecular weight is 303 g/mol. The standard InChI is InChI=1S/C12H9N5O3S/c18-11(19)6-3-1-2-4-7(6)20-17-12-15-8-9(16-12)13-5-14-10(8)21/h1-5H,(H,18,19)(H3,13,14,15,16,17,21). The van der Waals surface area contributed by atoms with Crippen molar-refractivity contribution in [1.29, 1.82) is 0 Å². The van der Waals surface area contributed by atoms with Gasteiger partial charge in [-0.2, -0.15) is 10.5 Å². The molecule has 0 atom stereocenters. The van der Waals surface area contributed by atoms with Crippen molar-refractivity contribution in [3.05, 3.63) is 40.8 Å². The Hall–Kier alpha value is -2.94. The molecule has 4 N–H and O–H groups in total. The average Bonchev–Trinajstić information content (AvgIpc) is 2.90.